The number of hydrogen-bond donors (Lipinski definition) is 0. The van der Waals surface area contributed by atoms with Gasteiger partial charge in [-0.05, 0) is 39.7 Å². The van der Waals surface area contributed by atoms with Gasteiger partial charge in [-0.3, -0.25) is 4.99 Å². The van der Waals surface area contributed by atoms with Crippen LogP contribution in [0, 0.1) is 0 Å². The van der Waals surface area contributed by atoms with Gasteiger partial charge in [-0.25, -0.2) is 4.98 Å². The molecule has 1 aliphatic heterocycles. The smallest absolute Gasteiger partial charge is 0.113 e. The van der Waals surface area contributed by atoms with E-state index in [1.165, 1.54) is 5.56 Å². The highest BCUT2D eigenvalue weighted by Crippen LogP contribution is 2.34. The molecule has 6 heteroatoms. The summed E-state index contributed by atoms with van der Waals surface area (Å²) in [5.41, 5.74) is 2.41. The van der Waals surface area contributed by atoms with E-state index in [4.69, 9.17) is 4.99 Å². The van der Waals surface area contributed by atoms with Crippen molar-refractivity contribution < 1.29 is 0 Å². The van der Waals surface area contributed by atoms with E-state index in [2.05, 4.69) is 94.8 Å². The number of imidazole rings is 1. The van der Waals surface area contributed by atoms with Gasteiger partial charge in [-0.15, -0.1) is 0 Å². The molecule has 1 aliphatic rings. The summed E-state index contributed by atoms with van der Waals surface area (Å²) < 4.78 is 4.24. The van der Waals surface area contributed by atoms with Crippen LogP contribution < -0.4 is 4.90 Å². The first-order valence-electron chi connectivity index (χ1n) is 8.50. The van der Waals surface area contributed by atoms with Crippen molar-refractivity contribution in [2.75, 3.05) is 18.0 Å². The van der Waals surface area contributed by atoms with Gasteiger partial charge in [-0.1, -0.05) is 46.3 Å². The zero-order valence-corrected chi connectivity index (χ0v) is 17.3. The largest absolute Gasteiger partial charge is 0.336 e. The van der Waals surface area contributed by atoms with Crippen LogP contribution in [-0.2, 0) is 6.54 Å². The molecule has 4 nitrogen and oxygen atoms in total. The van der Waals surface area contributed by atoms with Gasteiger partial charge in [0.15, 0.2) is 0 Å². The third-order valence-electron chi connectivity index (χ3n) is 4.54. The summed E-state index contributed by atoms with van der Waals surface area (Å²) in [6, 6.07) is 16.9. The van der Waals surface area contributed by atoms with E-state index in [0.717, 1.165) is 40.1 Å². The van der Waals surface area contributed by atoms with E-state index >= 15 is 0 Å². The molecular formula is C20H18Br2N4. The Kier molecular flexibility index (Phi) is 5.22. The van der Waals surface area contributed by atoms with Gasteiger partial charge in [-0.2, -0.15) is 0 Å². The molecule has 0 saturated carbocycles. The standard InChI is InChI=1S/C20H18Br2N4/c21-16-6-7-19(18(22)12-16)26-11-9-24-20(26)17(13-25-10-8-23-14-25)15-4-2-1-3-5-15/h1-8,10,12,14,17H,9,11,13H2. The molecule has 0 radical (unpaired) electrons. The molecule has 0 saturated heterocycles. The Bertz CT molecular complexity index is 907. The Labute approximate surface area is 169 Å². The fraction of sp³-hybridized carbons (Fsp3) is 0.200. The van der Waals surface area contributed by atoms with Gasteiger partial charge in [0.25, 0.3) is 0 Å². The molecule has 0 bridgehead atoms. The summed E-state index contributed by atoms with van der Waals surface area (Å²) in [7, 11) is 0. The number of hydrogen-bond acceptors (Lipinski definition) is 3. The number of nitrogens with zero attached hydrogens (tertiary/aromatic N) is 4. The third-order valence-corrected chi connectivity index (χ3v) is 5.67. The molecule has 0 aliphatic carbocycles. The van der Waals surface area contributed by atoms with Crippen LogP contribution in [-0.4, -0.2) is 28.5 Å². The summed E-state index contributed by atoms with van der Waals surface area (Å²) in [6.45, 7) is 2.52. The second-order valence-electron chi connectivity index (χ2n) is 6.21. The second kappa shape index (κ2) is 7.76. The number of rotatable bonds is 5. The molecule has 0 fully saturated rings. The van der Waals surface area contributed by atoms with E-state index in [9.17, 15) is 0 Å². The lowest BCUT2D eigenvalue weighted by atomic mass is 9.96. The highest BCUT2D eigenvalue weighted by Gasteiger charge is 2.29. The fourth-order valence-corrected chi connectivity index (χ4v) is 4.59. The van der Waals surface area contributed by atoms with Crippen LogP contribution in [0.15, 0.2) is 81.2 Å². The molecule has 0 N–H and O–H groups in total. The maximum atomic E-state index is 4.89. The van der Waals surface area contributed by atoms with Crippen LogP contribution in [0.5, 0.6) is 0 Å². The van der Waals surface area contributed by atoms with E-state index in [1.807, 2.05) is 18.7 Å². The van der Waals surface area contributed by atoms with Gasteiger partial charge in [0.1, 0.15) is 5.84 Å². The van der Waals surface area contributed by atoms with Gasteiger partial charge in [0, 0.05) is 34.4 Å². The van der Waals surface area contributed by atoms with Crippen molar-refractivity contribution in [3.63, 3.8) is 0 Å². The molecule has 26 heavy (non-hydrogen) atoms. The Morgan fingerprint density at radius 3 is 2.65 bits per heavy atom. The molecule has 0 amide bonds. The van der Waals surface area contributed by atoms with Gasteiger partial charge in [0.05, 0.1) is 24.5 Å². The van der Waals surface area contributed by atoms with E-state index in [0.29, 0.717) is 0 Å². The zero-order valence-electron chi connectivity index (χ0n) is 14.1. The van der Waals surface area contributed by atoms with Crippen LogP contribution in [0.1, 0.15) is 11.5 Å². The molecule has 0 spiro atoms. The summed E-state index contributed by atoms with van der Waals surface area (Å²) in [5.74, 6) is 1.27. The lowest BCUT2D eigenvalue weighted by molar-refractivity contribution is 0.654. The minimum atomic E-state index is 0.170. The summed E-state index contributed by atoms with van der Waals surface area (Å²) in [5, 5.41) is 0. The normalized spacial score (nSPS) is 15.2. The lowest BCUT2D eigenvalue weighted by Crippen LogP contribution is -2.34. The monoisotopic (exact) mass is 472 g/mol. The summed E-state index contributed by atoms with van der Waals surface area (Å²) in [4.78, 5) is 11.4. The number of halogens is 2. The van der Waals surface area contributed by atoms with E-state index in [-0.39, 0.29) is 5.92 Å². The van der Waals surface area contributed by atoms with E-state index < -0.39 is 0 Å². The molecular weight excluding hydrogens is 456 g/mol. The quantitative estimate of drug-likeness (QED) is 0.515. The topological polar surface area (TPSA) is 33.4 Å². The molecule has 3 aromatic rings. The Balaban J connectivity index is 1.72. The van der Waals surface area contributed by atoms with Crippen LogP contribution in [0.4, 0.5) is 5.69 Å². The minimum absolute atomic E-state index is 0.170. The lowest BCUT2D eigenvalue weighted by Gasteiger charge is -2.28. The summed E-state index contributed by atoms with van der Waals surface area (Å²) in [6.07, 6.45) is 5.69. The van der Waals surface area contributed by atoms with Crippen molar-refractivity contribution in [3.8, 4) is 0 Å². The number of aliphatic imine (C=N–C) groups is 1. The molecule has 1 unspecified atom stereocenters. The van der Waals surface area contributed by atoms with Crippen molar-refractivity contribution in [2.24, 2.45) is 4.99 Å². The zero-order chi connectivity index (χ0) is 17.9. The maximum Gasteiger partial charge on any atom is 0.113 e. The average molecular weight is 474 g/mol. The molecule has 2 aromatic carbocycles. The number of aromatic nitrogens is 2. The fourth-order valence-electron chi connectivity index (χ4n) is 3.33. The van der Waals surface area contributed by atoms with Crippen LogP contribution >= 0.6 is 31.9 Å². The Hall–Kier alpha value is -1.92. The number of amidine groups is 1. The summed E-state index contributed by atoms with van der Waals surface area (Å²) >= 11 is 7.25. The maximum absolute atomic E-state index is 4.89. The van der Waals surface area contributed by atoms with Crippen molar-refractivity contribution in [1.29, 1.82) is 0 Å². The Morgan fingerprint density at radius 1 is 1.08 bits per heavy atom. The first-order valence-corrected chi connectivity index (χ1v) is 10.1. The van der Waals surface area contributed by atoms with Crippen LogP contribution in [0.3, 0.4) is 0 Å². The van der Waals surface area contributed by atoms with Crippen LogP contribution in [0.25, 0.3) is 0 Å². The SMILES string of the molecule is Brc1ccc(N2CCN=C2C(Cn2ccnc2)c2ccccc2)c(Br)c1. The number of anilines is 1. The highest BCUT2D eigenvalue weighted by atomic mass is 79.9. The predicted molar refractivity (Wildman–Crippen MR) is 113 cm³/mol. The van der Waals surface area contributed by atoms with Gasteiger partial charge < -0.3 is 9.47 Å². The average Bonchev–Trinajstić information content (AvgIpc) is 3.32. The molecule has 1 aromatic heterocycles. The van der Waals surface area contributed by atoms with Gasteiger partial charge in [0.2, 0.25) is 0 Å². The second-order valence-corrected chi connectivity index (χ2v) is 7.98. The van der Waals surface area contributed by atoms with Crippen molar-refractivity contribution in [2.45, 2.75) is 12.5 Å². The highest BCUT2D eigenvalue weighted by molar-refractivity contribution is 9.11. The van der Waals surface area contributed by atoms with Crippen molar-refractivity contribution >= 4 is 43.4 Å². The van der Waals surface area contributed by atoms with Gasteiger partial charge >= 0.3 is 0 Å². The van der Waals surface area contributed by atoms with Crippen LogP contribution in [0.2, 0.25) is 0 Å². The first kappa shape index (κ1) is 17.5. The Morgan fingerprint density at radius 2 is 1.92 bits per heavy atom. The van der Waals surface area contributed by atoms with Crippen molar-refractivity contribution in [3.05, 3.63) is 81.8 Å². The molecule has 132 valence electrons. The molecule has 2 heterocycles. The first-order chi connectivity index (χ1) is 12.7. The third kappa shape index (κ3) is 3.62. The van der Waals surface area contributed by atoms with Crippen molar-refractivity contribution in [1.82, 2.24) is 9.55 Å². The number of benzene rings is 2. The van der Waals surface area contributed by atoms with E-state index in [1.54, 1.807) is 0 Å². The predicted octanol–water partition coefficient (Wildman–Crippen LogP) is 5.11. The molecule has 4 rings (SSSR count). The molecule has 1 atom stereocenters. The minimum Gasteiger partial charge on any atom is -0.336 e.